The zero-order chi connectivity index (χ0) is 14.5. The molecule has 1 amide bonds. The summed E-state index contributed by atoms with van der Waals surface area (Å²) in [5.74, 6) is -0.275. The highest BCUT2D eigenvalue weighted by atomic mass is 19.1. The standard InChI is InChI=1S/C14H20FN3O2/c1-3-16-13-12(7-10(15)8-17-13)14(19)18-6-4-5-11(9-18)20-2/h7-8,11H,3-6,9H2,1-2H3,(H,16,17). The molecule has 2 heterocycles. The van der Waals surface area contributed by atoms with Crippen molar-refractivity contribution in [3.05, 3.63) is 23.6 Å². The van der Waals surface area contributed by atoms with Gasteiger partial charge in [-0.2, -0.15) is 0 Å². The van der Waals surface area contributed by atoms with E-state index < -0.39 is 5.82 Å². The molecule has 1 fully saturated rings. The summed E-state index contributed by atoms with van der Waals surface area (Å²) in [6.45, 7) is 3.74. The van der Waals surface area contributed by atoms with Crippen LogP contribution >= 0.6 is 0 Å². The third-order valence-corrected chi connectivity index (χ3v) is 3.43. The first-order valence-corrected chi connectivity index (χ1v) is 6.87. The van der Waals surface area contributed by atoms with Crippen molar-refractivity contribution in [1.82, 2.24) is 9.88 Å². The van der Waals surface area contributed by atoms with Gasteiger partial charge in [-0.25, -0.2) is 9.37 Å². The van der Waals surface area contributed by atoms with Crippen LogP contribution in [-0.4, -0.2) is 48.6 Å². The Morgan fingerprint density at radius 3 is 3.15 bits per heavy atom. The number of amides is 1. The van der Waals surface area contributed by atoms with E-state index in [0.717, 1.165) is 19.0 Å². The molecule has 1 aliphatic rings. The first kappa shape index (κ1) is 14.7. The molecule has 1 N–H and O–H groups in total. The van der Waals surface area contributed by atoms with Gasteiger partial charge in [0.25, 0.3) is 5.91 Å². The van der Waals surface area contributed by atoms with Crippen molar-refractivity contribution in [2.45, 2.75) is 25.9 Å². The molecule has 1 saturated heterocycles. The van der Waals surface area contributed by atoms with Crippen LogP contribution in [0.1, 0.15) is 30.1 Å². The van der Waals surface area contributed by atoms with Gasteiger partial charge in [0.15, 0.2) is 0 Å². The summed E-state index contributed by atoms with van der Waals surface area (Å²) in [4.78, 5) is 18.2. The van der Waals surface area contributed by atoms with Gasteiger partial charge in [-0.1, -0.05) is 0 Å². The van der Waals surface area contributed by atoms with E-state index in [1.807, 2.05) is 6.92 Å². The largest absolute Gasteiger partial charge is 0.380 e. The number of nitrogens with one attached hydrogen (secondary N) is 1. The van der Waals surface area contributed by atoms with E-state index in [2.05, 4.69) is 10.3 Å². The second-order valence-electron chi connectivity index (χ2n) is 4.83. The van der Waals surface area contributed by atoms with Gasteiger partial charge in [-0.05, 0) is 25.8 Å². The number of halogens is 1. The molecular formula is C14H20FN3O2. The lowest BCUT2D eigenvalue weighted by Gasteiger charge is -2.32. The van der Waals surface area contributed by atoms with Gasteiger partial charge in [-0.3, -0.25) is 4.79 Å². The van der Waals surface area contributed by atoms with Crippen molar-refractivity contribution in [3.63, 3.8) is 0 Å². The predicted octanol–water partition coefficient (Wildman–Crippen LogP) is 1.90. The van der Waals surface area contributed by atoms with Crippen LogP contribution in [0.25, 0.3) is 0 Å². The van der Waals surface area contributed by atoms with Gasteiger partial charge in [-0.15, -0.1) is 0 Å². The van der Waals surface area contributed by atoms with Gasteiger partial charge >= 0.3 is 0 Å². The Morgan fingerprint density at radius 1 is 1.65 bits per heavy atom. The highest BCUT2D eigenvalue weighted by molar-refractivity contribution is 5.98. The maximum Gasteiger partial charge on any atom is 0.257 e. The molecular weight excluding hydrogens is 261 g/mol. The lowest BCUT2D eigenvalue weighted by atomic mass is 10.1. The summed E-state index contributed by atoms with van der Waals surface area (Å²) in [7, 11) is 1.65. The van der Waals surface area contributed by atoms with Crippen molar-refractivity contribution in [2.24, 2.45) is 0 Å². The molecule has 2 rings (SSSR count). The number of carbonyl (C=O) groups excluding carboxylic acids is 1. The zero-order valence-electron chi connectivity index (χ0n) is 11.9. The molecule has 0 saturated carbocycles. The number of pyridine rings is 1. The first-order valence-electron chi connectivity index (χ1n) is 6.87. The lowest BCUT2D eigenvalue weighted by molar-refractivity contribution is 0.0269. The first-order chi connectivity index (χ1) is 9.65. The summed E-state index contributed by atoms with van der Waals surface area (Å²) in [6.07, 6.45) is 3.01. The van der Waals surface area contributed by atoms with Crippen LogP contribution in [0.2, 0.25) is 0 Å². The quantitative estimate of drug-likeness (QED) is 0.916. The smallest absolute Gasteiger partial charge is 0.257 e. The Labute approximate surface area is 118 Å². The number of nitrogens with zero attached hydrogens (tertiary/aromatic N) is 2. The molecule has 1 unspecified atom stereocenters. The van der Waals surface area contributed by atoms with Crippen LogP contribution in [0, 0.1) is 5.82 Å². The van der Waals surface area contributed by atoms with Crippen LogP contribution in [0.15, 0.2) is 12.3 Å². The Morgan fingerprint density at radius 2 is 2.45 bits per heavy atom. The average molecular weight is 281 g/mol. The van der Waals surface area contributed by atoms with E-state index in [1.165, 1.54) is 6.07 Å². The van der Waals surface area contributed by atoms with Crippen LogP contribution in [-0.2, 0) is 4.74 Å². The number of hydrogen-bond donors (Lipinski definition) is 1. The Kier molecular flexibility index (Phi) is 4.89. The minimum absolute atomic E-state index is 0.0526. The number of rotatable bonds is 4. The van der Waals surface area contributed by atoms with Crippen molar-refractivity contribution >= 4 is 11.7 Å². The second-order valence-corrected chi connectivity index (χ2v) is 4.83. The van der Waals surface area contributed by atoms with Crippen LogP contribution in [0.5, 0.6) is 0 Å². The zero-order valence-corrected chi connectivity index (χ0v) is 11.9. The highest BCUT2D eigenvalue weighted by Crippen LogP contribution is 2.20. The van der Waals surface area contributed by atoms with E-state index in [9.17, 15) is 9.18 Å². The summed E-state index contributed by atoms with van der Waals surface area (Å²) in [5.41, 5.74) is 0.281. The van der Waals surface area contributed by atoms with E-state index >= 15 is 0 Å². The molecule has 6 heteroatoms. The van der Waals surface area contributed by atoms with Crippen molar-refractivity contribution < 1.29 is 13.9 Å². The molecule has 0 aliphatic carbocycles. The predicted molar refractivity (Wildman–Crippen MR) is 74.3 cm³/mol. The molecule has 1 aromatic rings. The third kappa shape index (κ3) is 3.25. The molecule has 20 heavy (non-hydrogen) atoms. The third-order valence-electron chi connectivity index (χ3n) is 3.43. The molecule has 1 aromatic heterocycles. The van der Waals surface area contributed by atoms with Crippen molar-refractivity contribution in [2.75, 3.05) is 32.1 Å². The SMILES string of the molecule is CCNc1ncc(F)cc1C(=O)N1CCCC(OC)C1. The van der Waals surface area contributed by atoms with E-state index in [0.29, 0.717) is 25.5 Å². The highest BCUT2D eigenvalue weighted by Gasteiger charge is 2.26. The topological polar surface area (TPSA) is 54.5 Å². The number of piperidine rings is 1. The van der Waals surface area contributed by atoms with Gasteiger partial charge in [0.2, 0.25) is 0 Å². The molecule has 0 radical (unpaired) electrons. The number of carbonyl (C=O) groups is 1. The number of likely N-dealkylation sites (tertiary alicyclic amines) is 1. The van der Waals surface area contributed by atoms with Crippen molar-refractivity contribution in [3.8, 4) is 0 Å². The minimum Gasteiger partial charge on any atom is -0.380 e. The fourth-order valence-electron chi connectivity index (χ4n) is 2.40. The summed E-state index contributed by atoms with van der Waals surface area (Å²) >= 11 is 0. The Balaban J connectivity index is 2.21. The second kappa shape index (κ2) is 6.65. The molecule has 5 nitrogen and oxygen atoms in total. The Bertz CT molecular complexity index is 481. The number of ether oxygens (including phenoxy) is 1. The monoisotopic (exact) mass is 281 g/mol. The van der Waals surface area contributed by atoms with Gasteiger partial charge in [0.1, 0.15) is 11.6 Å². The van der Waals surface area contributed by atoms with Gasteiger partial charge in [0, 0.05) is 26.7 Å². The molecule has 0 bridgehead atoms. The lowest BCUT2D eigenvalue weighted by Crippen LogP contribution is -2.43. The van der Waals surface area contributed by atoms with Crippen LogP contribution in [0.4, 0.5) is 10.2 Å². The Hall–Kier alpha value is -1.69. The molecule has 1 aliphatic heterocycles. The van der Waals surface area contributed by atoms with E-state index in [4.69, 9.17) is 4.74 Å². The summed E-state index contributed by atoms with van der Waals surface area (Å²) in [6, 6.07) is 1.24. The van der Waals surface area contributed by atoms with E-state index in [-0.39, 0.29) is 17.6 Å². The maximum absolute atomic E-state index is 13.4. The summed E-state index contributed by atoms with van der Waals surface area (Å²) < 4.78 is 18.7. The fourth-order valence-corrected chi connectivity index (χ4v) is 2.40. The molecule has 110 valence electrons. The summed E-state index contributed by atoms with van der Waals surface area (Å²) in [5, 5.41) is 2.99. The van der Waals surface area contributed by atoms with Gasteiger partial charge in [0.05, 0.1) is 17.9 Å². The fraction of sp³-hybridized carbons (Fsp3) is 0.571. The van der Waals surface area contributed by atoms with Gasteiger partial charge < -0.3 is 15.0 Å². The number of anilines is 1. The van der Waals surface area contributed by atoms with Crippen molar-refractivity contribution in [1.29, 1.82) is 0 Å². The number of hydrogen-bond acceptors (Lipinski definition) is 4. The molecule has 0 spiro atoms. The molecule has 0 aromatic carbocycles. The van der Waals surface area contributed by atoms with E-state index in [1.54, 1.807) is 12.0 Å². The minimum atomic E-state index is -0.504. The normalized spacial score (nSPS) is 18.9. The maximum atomic E-state index is 13.4. The van der Waals surface area contributed by atoms with Crippen LogP contribution in [0.3, 0.4) is 0 Å². The number of methoxy groups -OCH3 is 1. The molecule has 1 atom stereocenters. The number of aromatic nitrogens is 1. The van der Waals surface area contributed by atoms with Crippen LogP contribution < -0.4 is 5.32 Å². The average Bonchev–Trinajstić information content (AvgIpc) is 2.48.